The van der Waals surface area contributed by atoms with Crippen LogP contribution in [-0.2, 0) is 19.1 Å². The first-order valence-electron chi connectivity index (χ1n) is 5.02. The Morgan fingerprint density at radius 1 is 1.44 bits per heavy atom. The summed E-state index contributed by atoms with van der Waals surface area (Å²) in [6.07, 6.45) is -1.65. The molecule has 5 nitrogen and oxygen atoms in total. The molecular formula is C9H16FNO4S. The molecule has 1 rings (SSSR count). The third-order valence-electron chi connectivity index (χ3n) is 2.30. The van der Waals surface area contributed by atoms with E-state index in [2.05, 4.69) is 4.18 Å². The third kappa shape index (κ3) is 3.41. The SMILES string of the molecule is CC(C)C(=O)N1C[C@@H](F)[C@H](OS(C)(=O)=O)C1. The lowest BCUT2D eigenvalue weighted by Crippen LogP contribution is -2.33. The van der Waals surface area contributed by atoms with Gasteiger partial charge in [0.05, 0.1) is 19.3 Å². The van der Waals surface area contributed by atoms with Gasteiger partial charge >= 0.3 is 0 Å². The van der Waals surface area contributed by atoms with Crippen molar-refractivity contribution >= 4 is 16.0 Å². The molecule has 94 valence electrons. The van der Waals surface area contributed by atoms with Crippen LogP contribution in [0.3, 0.4) is 0 Å². The standard InChI is InChI=1S/C9H16FNO4S/c1-6(2)9(12)11-4-7(10)8(5-11)15-16(3,13)14/h6-8H,4-5H2,1-3H3/t7-,8-/m1/s1. The molecule has 1 fully saturated rings. The Labute approximate surface area is 94.7 Å². The maximum atomic E-state index is 13.4. The summed E-state index contributed by atoms with van der Waals surface area (Å²) in [7, 11) is -3.69. The molecule has 0 unspecified atom stereocenters. The van der Waals surface area contributed by atoms with Gasteiger partial charge in [-0.05, 0) is 0 Å². The van der Waals surface area contributed by atoms with E-state index in [1.165, 1.54) is 4.90 Å². The summed E-state index contributed by atoms with van der Waals surface area (Å²) in [5.74, 6) is -0.425. The van der Waals surface area contributed by atoms with Gasteiger partial charge in [-0.2, -0.15) is 8.42 Å². The molecule has 7 heteroatoms. The Hall–Kier alpha value is -0.690. The Morgan fingerprint density at radius 3 is 2.44 bits per heavy atom. The van der Waals surface area contributed by atoms with E-state index >= 15 is 0 Å². The number of nitrogens with zero attached hydrogens (tertiary/aromatic N) is 1. The molecule has 0 aromatic heterocycles. The monoisotopic (exact) mass is 253 g/mol. The molecule has 0 saturated carbocycles. The molecular weight excluding hydrogens is 237 g/mol. The van der Waals surface area contributed by atoms with E-state index in [0.29, 0.717) is 0 Å². The van der Waals surface area contributed by atoms with Gasteiger partial charge in [-0.15, -0.1) is 0 Å². The highest BCUT2D eigenvalue weighted by Gasteiger charge is 2.38. The molecule has 1 aliphatic heterocycles. The molecule has 0 spiro atoms. The van der Waals surface area contributed by atoms with Crippen molar-refractivity contribution < 1.29 is 21.8 Å². The first-order chi connectivity index (χ1) is 7.20. The van der Waals surface area contributed by atoms with Crippen LogP contribution < -0.4 is 0 Å². The lowest BCUT2D eigenvalue weighted by Gasteiger charge is -2.17. The topological polar surface area (TPSA) is 63.7 Å². The summed E-state index contributed by atoms with van der Waals surface area (Å²) in [4.78, 5) is 12.9. The first kappa shape index (κ1) is 13.4. The number of alkyl halides is 1. The summed E-state index contributed by atoms with van der Waals surface area (Å²) < 4.78 is 39.7. The van der Waals surface area contributed by atoms with E-state index in [4.69, 9.17) is 0 Å². The van der Waals surface area contributed by atoms with E-state index in [9.17, 15) is 17.6 Å². The summed E-state index contributed by atoms with van der Waals surface area (Å²) in [5, 5.41) is 0. The second-order valence-electron chi connectivity index (χ2n) is 4.25. The maximum Gasteiger partial charge on any atom is 0.264 e. The molecule has 0 N–H and O–H groups in total. The van der Waals surface area contributed by atoms with E-state index in [1.54, 1.807) is 13.8 Å². The number of likely N-dealkylation sites (tertiary alicyclic amines) is 1. The lowest BCUT2D eigenvalue weighted by atomic mass is 10.2. The number of hydrogen-bond acceptors (Lipinski definition) is 4. The zero-order valence-electron chi connectivity index (χ0n) is 9.51. The Kier molecular flexibility index (Phi) is 3.90. The quantitative estimate of drug-likeness (QED) is 0.672. The minimum Gasteiger partial charge on any atom is -0.337 e. The minimum absolute atomic E-state index is 0.00868. The van der Waals surface area contributed by atoms with E-state index in [1.807, 2.05) is 0 Å². The predicted molar refractivity (Wildman–Crippen MR) is 56.0 cm³/mol. The van der Waals surface area contributed by atoms with Gasteiger partial charge in [0.25, 0.3) is 10.1 Å². The molecule has 0 bridgehead atoms. The Bertz CT molecular complexity index is 368. The third-order valence-corrected chi connectivity index (χ3v) is 2.90. The largest absolute Gasteiger partial charge is 0.337 e. The van der Waals surface area contributed by atoms with Crippen LogP contribution in [0, 0.1) is 5.92 Å². The van der Waals surface area contributed by atoms with Crippen LogP contribution in [0.5, 0.6) is 0 Å². The molecule has 1 heterocycles. The molecule has 0 aliphatic carbocycles. The van der Waals surface area contributed by atoms with Gasteiger partial charge in [0.2, 0.25) is 5.91 Å². The average Bonchev–Trinajstić information content (AvgIpc) is 2.43. The number of hydrogen-bond donors (Lipinski definition) is 0. The zero-order valence-corrected chi connectivity index (χ0v) is 10.3. The van der Waals surface area contributed by atoms with Crippen LogP contribution in [0.4, 0.5) is 4.39 Å². The van der Waals surface area contributed by atoms with Crippen molar-refractivity contribution in [2.24, 2.45) is 5.92 Å². The average molecular weight is 253 g/mol. The fourth-order valence-electron chi connectivity index (χ4n) is 1.59. The number of rotatable bonds is 3. The summed E-state index contributed by atoms with van der Waals surface area (Å²) in [6.45, 7) is 3.31. The fourth-order valence-corrected chi connectivity index (χ4v) is 2.22. The van der Waals surface area contributed by atoms with Crippen molar-refractivity contribution in [1.29, 1.82) is 0 Å². The van der Waals surface area contributed by atoms with Crippen LogP contribution in [0.2, 0.25) is 0 Å². The number of amides is 1. The second-order valence-corrected chi connectivity index (χ2v) is 5.85. The van der Waals surface area contributed by atoms with Gasteiger partial charge < -0.3 is 4.90 Å². The fraction of sp³-hybridized carbons (Fsp3) is 0.889. The molecule has 16 heavy (non-hydrogen) atoms. The van der Waals surface area contributed by atoms with Crippen LogP contribution in [0.25, 0.3) is 0 Å². The minimum atomic E-state index is -3.69. The van der Waals surface area contributed by atoms with E-state index < -0.39 is 22.4 Å². The lowest BCUT2D eigenvalue weighted by molar-refractivity contribution is -0.133. The van der Waals surface area contributed by atoms with Gasteiger partial charge in [-0.3, -0.25) is 8.98 Å². The molecule has 1 saturated heterocycles. The van der Waals surface area contributed by atoms with Crippen LogP contribution in [0.15, 0.2) is 0 Å². The van der Waals surface area contributed by atoms with Gasteiger partial charge in [0.1, 0.15) is 12.3 Å². The predicted octanol–water partition coefficient (Wildman–Crippen LogP) is 0.168. The second kappa shape index (κ2) is 4.67. The van der Waals surface area contributed by atoms with Crippen LogP contribution in [-0.4, -0.2) is 50.8 Å². The highest BCUT2D eigenvalue weighted by molar-refractivity contribution is 7.86. The molecule has 0 radical (unpaired) electrons. The summed E-state index contributed by atoms with van der Waals surface area (Å²) >= 11 is 0. The number of carbonyl (C=O) groups is 1. The van der Waals surface area contributed by atoms with Crippen LogP contribution >= 0.6 is 0 Å². The highest BCUT2D eigenvalue weighted by atomic mass is 32.2. The van der Waals surface area contributed by atoms with Crippen molar-refractivity contribution in [3.8, 4) is 0 Å². The molecule has 1 aliphatic rings. The first-order valence-corrected chi connectivity index (χ1v) is 6.83. The summed E-state index contributed by atoms with van der Waals surface area (Å²) in [5.41, 5.74) is 0. The Balaban J connectivity index is 2.64. The van der Waals surface area contributed by atoms with E-state index in [-0.39, 0.29) is 24.9 Å². The van der Waals surface area contributed by atoms with Crippen molar-refractivity contribution in [1.82, 2.24) is 4.90 Å². The maximum absolute atomic E-state index is 13.4. The number of carbonyl (C=O) groups excluding carboxylic acids is 1. The normalized spacial score (nSPS) is 26.4. The van der Waals surface area contributed by atoms with E-state index in [0.717, 1.165) is 6.26 Å². The zero-order chi connectivity index (χ0) is 12.5. The highest BCUT2D eigenvalue weighted by Crippen LogP contribution is 2.20. The Morgan fingerprint density at radius 2 is 2.00 bits per heavy atom. The molecule has 1 amide bonds. The molecule has 0 aromatic rings. The van der Waals surface area contributed by atoms with Crippen molar-refractivity contribution in [2.75, 3.05) is 19.3 Å². The van der Waals surface area contributed by atoms with Crippen LogP contribution in [0.1, 0.15) is 13.8 Å². The van der Waals surface area contributed by atoms with Crippen molar-refractivity contribution in [2.45, 2.75) is 26.1 Å². The van der Waals surface area contributed by atoms with Gasteiger partial charge in [-0.1, -0.05) is 13.8 Å². The molecule has 0 aromatic carbocycles. The van der Waals surface area contributed by atoms with Crippen molar-refractivity contribution in [3.05, 3.63) is 0 Å². The smallest absolute Gasteiger partial charge is 0.264 e. The number of halogens is 1. The summed E-state index contributed by atoms with van der Waals surface area (Å²) in [6, 6.07) is 0. The van der Waals surface area contributed by atoms with Gasteiger partial charge in [0.15, 0.2) is 0 Å². The molecule has 2 atom stereocenters. The van der Waals surface area contributed by atoms with Crippen molar-refractivity contribution in [3.63, 3.8) is 0 Å². The van der Waals surface area contributed by atoms with Gasteiger partial charge in [0, 0.05) is 5.92 Å². The van der Waals surface area contributed by atoms with Gasteiger partial charge in [-0.25, -0.2) is 4.39 Å².